The lowest BCUT2D eigenvalue weighted by Crippen LogP contribution is -2.34. The number of halogens is 2. The predicted octanol–water partition coefficient (Wildman–Crippen LogP) is 6.35. The maximum absolute atomic E-state index is 14.2. The van der Waals surface area contributed by atoms with Gasteiger partial charge < -0.3 is 20.1 Å². The third-order valence-corrected chi connectivity index (χ3v) is 8.23. The Morgan fingerprint density at radius 1 is 1.00 bits per heavy atom. The number of nitrogens with zero attached hydrogens (tertiary/aromatic N) is 3. The minimum absolute atomic E-state index is 0.0327. The van der Waals surface area contributed by atoms with Crippen molar-refractivity contribution in [1.82, 2.24) is 19.9 Å². The largest absolute Gasteiger partial charge is 0.491 e. The molecule has 2 N–H and O–H groups in total. The normalized spacial score (nSPS) is 18.3. The molecule has 7 rings (SSSR count). The Kier molecular flexibility index (Phi) is 7.29. The second-order valence-corrected chi connectivity index (χ2v) is 11.3. The summed E-state index contributed by atoms with van der Waals surface area (Å²) in [7, 11) is 0. The first-order valence-corrected chi connectivity index (χ1v) is 14.6. The minimum Gasteiger partial charge on any atom is -0.491 e. The number of nitrogens with one attached hydrogen (secondary N) is 2. The van der Waals surface area contributed by atoms with Gasteiger partial charge in [-0.1, -0.05) is 59.6 Å². The molecule has 2 aliphatic heterocycles. The molecule has 2 aliphatic rings. The summed E-state index contributed by atoms with van der Waals surface area (Å²) in [4.78, 5) is 23.6. The van der Waals surface area contributed by atoms with Crippen molar-refractivity contribution in [2.45, 2.75) is 18.6 Å². The van der Waals surface area contributed by atoms with Crippen LogP contribution in [0.15, 0.2) is 83.8 Å². The van der Waals surface area contributed by atoms with Gasteiger partial charge in [0, 0.05) is 52.9 Å². The molecule has 4 heterocycles. The van der Waals surface area contributed by atoms with Gasteiger partial charge in [0.15, 0.2) is 0 Å². The van der Waals surface area contributed by atoms with Crippen LogP contribution in [0.5, 0.6) is 5.75 Å². The molecule has 5 aromatic rings. The Morgan fingerprint density at radius 3 is 2.67 bits per heavy atom. The van der Waals surface area contributed by atoms with Gasteiger partial charge in [0.1, 0.15) is 18.0 Å². The number of hydrogen-bond acceptors (Lipinski definition) is 7. The summed E-state index contributed by atoms with van der Waals surface area (Å²) < 4.78 is 13.7. The molecule has 212 valence electrons. The van der Waals surface area contributed by atoms with Crippen LogP contribution in [-0.2, 0) is 11.2 Å². The quantitative estimate of drug-likeness (QED) is 0.243. The second kappa shape index (κ2) is 11.4. The molecule has 0 bridgehead atoms. The van der Waals surface area contributed by atoms with Gasteiger partial charge in [0.2, 0.25) is 5.95 Å². The molecular weight excluding hydrogens is 573 g/mol. The Hall–Kier alpha value is -3.95. The standard InChI is InChI=1S/C32H27Cl2N5O3/c33-22-7-10-25(27(34)15-22)26-14-21-16-36-32(37-23-8-5-19(6-9-23)29-17-35-11-12-41-29)38-30(21)39(31(26)40)24-13-20-3-1-2-4-28(20)42-18-24/h1-10,14-16,24,29,35H,11-13,17-18H2,(H,36,37,38). The van der Waals surface area contributed by atoms with Crippen molar-refractivity contribution in [3.8, 4) is 16.9 Å². The highest BCUT2D eigenvalue weighted by Gasteiger charge is 2.26. The van der Waals surface area contributed by atoms with Crippen LogP contribution in [0, 0.1) is 0 Å². The van der Waals surface area contributed by atoms with E-state index in [4.69, 9.17) is 37.7 Å². The first-order valence-electron chi connectivity index (χ1n) is 13.8. The number of hydrogen-bond donors (Lipinski definition) is 2. The zero-order valence-corrected chi connectivity index (χ0v) is 24.0. The molecule has 2 atom stereocenters. The van der Waals surface area contributed by atoms with Gasteiger partial charge in [-0.2, -0.15) is 4.98 Å². The number of rotatable bonds is 5. The van der Waals surface area contributed by atoms with Crippen LogP contribution >= 0.6 is 23.2 Å². The number of benzene rings is 3. The SMILES string of the molecule is O=c1c(-c2ccc(Cl)cc2Cl)cc2cnc(Nc3ccc(C4CNCCO4)cc3)nc2n1C1COc2ccccc2C1. The Morgan fingerprint density at radius 2 is 1.86 bits per heavy atom. The summed E-state index contributed by atoms with van der Waals surface area (Å²) in [5, 5.41) is 8.25. The fourth-order valence-electron chi connectivity index (χ4n) is 5.59. The van der Waals surface area contributed by atoms with Gasteiger partial charge in [0.25, 0.3) is 5.56 Å². The Labute approximate surface area is 252 Å². The van der Waals surface area contributed by atoms with Crippen LogP contribution in [0.1, 0.15) is 23.3 Å². The van der Waals surface area contributed by atoms with Crippen molar-refractivity contribution >= 4 is 45.9 Å². The van der Waals surface area contributed by atoms with E-state index in [2.05, 4.69) is 15.6 Å². The van der Waals surface area contributed by atoms with Gasteiger partial charge in [-0.3, -0.25) is 9.36 Å². The van der Waals surface area contributed by atoms with Gasteiger partial charge in [-0.05, 0) is 47.5 Å². The molecule has 1 saturated heterocycles. The molecular formula is C32H27Cl2N5O3. The van der Waals surface area contributed by atoms with Gasteiger partial charge >= 0.3 is 0 Å². The smallest absolute Gasteiger partial charge is 0.260 e. The van der Waals surface area contributed by atoms with Crippen LogP contribution in [-0.4, -0.2) is 40.8 Å². The van der Waals surface area contributed by atoms with Crippen molar-refractivity contribution in [3.63, 3.8) is 0 Å². The first kappa shape index (κ1) is 26.9. The van der Waals surface area contributed by atoms with Crippen molar-refractivity contribution in [3.05, 3.63) is 111 Å². The van der Waals surface area contributed by atoms with Crippen LogP contribution in [0.4, 0.5) is 11.6 Å². The summed E-state index contributed by atoms with van der Waals surface area (Å²) >= 11 is 12.7. The number of aromatic nitrogens is 3. The number of para-hydroxylation sites is 1. The van der Waals surface area contributed by atoms with Crippen molar-refractivity contribution < 1.29 is 9.47 Å². The maximum atomic E-state index is 14.2. The monoisotopic (exact) mass is 599 g/mol. The van der Waals surface area contributed by atoms with E-state index in [1.165, 1.54) is 0 Å². The maximum Gasteiger partial charge on any atom is 0.260 e. The fourth-order valence-corrected chi connectivity index (χ4v) is 6.10. The Bertz CT molecular complexity index is 1840. The average Bonchev–Trinajstić information content (AvgIpc) is 3.02. The molecule has 0 saturated carbocycles. The fraction of sp³-hybridized carbons (Fsp3) is 0.219. The van der Waals surface area contributed by atoms with Crippen molar-refractivity contribution in [1.29, 1.82) is 0 Å². The molecule has 2 aromatic heterocycles. The van der Waals surface area contributed by atoms with E-state index in [0.717, 1.165) is 35.7 Å². The number of pyridine rings is 1. The summed E-state index contributed by atoms with van der Waals surface area (Å²) in [6, 6.07) is 22.5. The summed E-state index contributed by atoms with van der Waals surface area (Å²) in [6.07, 6.45) is 2.38. The zero-order valence-electron chi connectivity index (χ0n) is 22.5. The molecule has 0 amide bonds. The van der Waals surface area contributed by atoms with Crippen molar-refractivity contribution in [2.75, 3.05) is 31.6 Å². The highest BCUT2D eigenvalue weighted by atomic mass is 35.5. The van der Waals surface area contributed by atoms with E-state index >= 15 is 0 Å². The van der Waals surface area contributed by atoms with E-state index in [1.54, 1.807) is 35.0 Å². The third kappa shape index (κ3) is 5.23. The molecule has 0 spiro atoms. The molecule has 42 heavy (non-hydrogen) atoms. The number of anilines is 2. The zero-order chi connectivity index (χ0) is 28.6. The van der Waals surface area contributed by atoms with E-state index < -0.39 is 0 Å². The van der Waals surface area contributed by atoms with Gasteiger partial charge in [0.05, 0.1) is 23.8 Å². The van der Waals surface area contributed by atoms with Crippen LogP contribution in [0.3, 0.4) is 0 Å². The summed E-state index contributed by atoms with van der Waals surface area (Å²) in [6.45, 7) is 2.68. The highest BCUT2D eigenvalue weighted by Crippen LogP contribution is 2.34. The minimum atomic E-state index is -0.285. The molecule has 0 radical (unpaired) electrons. The molecule has 8 nitrogen and oxygen atoms in total. The van der Waals surface area contributed by atoms with Crippen LogP contribution in [0.2, 0.25) is 10.0 Å². The lowest BCUT2D eigenvalue weighted by Gasteiger charge is -2.28. The topological polar surface area (TPSA) is 90.3 Å². The molecule has 3 aromatic carbocycles. The third-order valence-electron chi connectivity index (χ3n) is 7.69. The average molecular weight is 601 g/mol. The number of fused-ring (bicyclic) bond motifs is 2. The van der Waals surface area contributed by atoms with Gasteiger partial charge in [-0.25, -0.2) is 4.98 Å². The van der Waals surface area contributed by atoms with E-state index in [0.29, 0.717) is 57.8 Å². The second-order valence-electron chi connectivity index (χ2n) is 10.4. The molecule has 10 heteroatoms. The van der Waals surface area contributed by atoms with Crippen LogP contribution < -0.4 is 20.9 Å². The lowest BCUT2D eigenvalue weighted by atomic mass is 10.0. The van der Waals surface area contributed by atoms with E-state index in [9.17, 15) is 4.79 Å². The lowest BCUT2D eigenvalue weighted by molar-refractivity contribution is 0.0277. The first-order chi connectivity index (χ1) is 20.5. The Balaban J connectivity index is 1.29. The molecule has 2 unspecified atom stereocenters. The van der Waals surface area contributed by atoms with Crippen LogP contribution in [0.25, 0.3) is 22.2 Å². The van der Waals surface area contributed by atoms with E-state index in [-0.39, 0.29) is 17.7 Å². The van der Waals surface area contributed by atoms with E-state index in [1.807, 2.05) is 48.5 Å². The number of ether oxygens (including phenoxy) is 2. The highest BCUT2D eigenvalue weighted by molar-refractivity contribution is 6.36. The van der Waals surface area contributed by atoms with Crippen molar-refractivity contribution in [2.24, 2.45) is 0 Å². The predicted molar refractivity (Wildman–Crippen MR) is 165 cm³/mol. The number of morpholine rings is 1. The summed E-state index contributed by atoms with van der Waals surface area (Å²) in [5.41, 5.74) is 4.31. The molecule has 1 fully saturated rings. The van der Waals surface area contributed by atoms with Gasteiger partial charge in [-0.15, -0.1) is 0 Å². The summed E-state index contributed by atoms with van der Waals surface area (Å²) in [5.74, 6) is 1.21. The molecule has 0 aliphatic carbocycles.